The summed E-state index contributed by atoms with van der Waals surface area (Å²) in [6.45, 7) is 5.03. The molecule has 2 aromatic heterocycles. The average molecular weight is 371 g/mol. The zero-order chi connectivity index (χ0) is 17.2. The minimum absolute atomic E-state index is 0.274. The topological polar surface area (TPSA) is 48.1 Å². The van der Waals surface area contributed by atoms with Crippen LogP contribution in [0.5, 0.6) is 11.5 Å². The molecule has 1 aromatic carbocycles. The van der Waals surface area contributed by atoms with Gasteiger partial charge in [-0.15, -0.1) is 22.7 Å². The fraction of sp³-hybridized carbons (Fsp3) is 0.222. The van der Waals surface area contributed by atoms with E-state index in [9.17, 15) is 0 Å². The van der Waals surface area contributed by atoms with Gasteiger partial charge < -0.3 is 9.47 Å². The molecule has 25 heavy (non-hydrogen) atoms. The molecule has 0 fully saturated rings. The molecule has 0 bridgehead atoms. The molecule has 3 aromatic rings. The molecule has 0 aliphatic carbocycles. The number of nitrogens with zero attached hydrogens (tertiary/aromatic N) is 3. The highest BCUT2D eigenvalue weighted by Gasteiger charge is 2.15. The predicted octanol–water partition coefficient (Wildman–Crippen LogP) is 4.20. The number of hydrogen-bond donors (Lipinski definition) is 0. The van der Waals surface area contributed by atoms with Crippen LogP contribution in [0.3, 0.4) is 0 Å². The monoisotopic (exact) mass is 371 g/mol. The number of fused-ring (bicyclic) bond motifs is 1. The Morgan fingerprint density at radius 2 is 2.08 bits per heavy atom. The van der Waals surface area contributed by atoms with E-state index in [4.69, 9.17) is 14.6 Å². The summed E-state index contributed by atoms with van der Waals surface area (Å²) in [5.74, 6) is 1.54. The van der Waals surface area contributed by atoms with Crippen molar-refractivity contribution in [1.82, 2.24) is 4.68 Å². The summed E-state index contributed by atoms with van der Waals surface area (Å²) in [5, 5.41) is 9.03. The Morgan fingerprint density at radius 1 is 1.20 bits per heavy atom. The Hall–Kier alpha value is -2.38. The van der Waals surface area contributed by atoms with Gasteiger partial charge in [-0.1, -0.05) is 6.07 Å². The Kier molecular flexibility index (Phi) is 4.42. The van der Waals surface area contributed by atoms with Gasteiger partial charge in [0, 0.05) is 17.5 Å². The molecule has 0 spiro atoms. The first-order valence-corrected chi connectivity index (χ1v) is 9.72. The molecule has 0 unspecified atom stereocenters. The van der Waals surface area contributed by atoms with E-state index in [-0.39, 0.29) is 6.79 Å². The van der Waals surface area contributed by atoms with Gasteiger partial charge in [0.2, 0.25) is 11.6 Å². The first-order chi connectivity index (χ1) is 12.3. The maximum atomic E-state index is 5.47. The van der Waals surface area contributed by atoms with Crippen molar-refractivity contribution in [2.24, 2.45) is 10.1 Å². The van der Waals surface area contributed by atoms with Crippen LogP contribution in [0.15, 0.2) is 51.2 Å². The third kappa shape index (κ3) is 3.12. The van der Waals surface area contributed by atoms with Crippen LogP contribution in [0.4, 0.5) is 0 Å². The minimum atomic E-state index is 0.274. The molecule has 0 saturated heterocycles. The van der Waals surface area contributed by atoms with E-state index < -0.39 is 0 Å². The number of ether oxygens (including phenoxy) is 2. The summed E-state index contributed by atoms with van der Waals surface area (Å²) in [6.07, 6.45) is 0. The zero-order valence-corrected chi connectivity index (χ0v) is 15.6. The molecular formula is C18H17N3O2S2. The van der Waals surface area contributed by atoms with Crippen LogP contribution in [0, 0.1) is 0 Å². The fourth-order valence-corrected chi connectivity index (χ4v) is 4.25. The van der Waals surface area contributed by atoms with Crippen LogP contribution >= 0.6 is 22.7 Å². The second kappa shape index (κ2) is 6.85. The standard InChI is InChI=1S/C18H17N3O2S2/c1-3-19-18-21(14(10-25-18)17-5-4-8-24-17)20-12(2)13-6-7-15-16(9-13)23-11-22-15/h4-10H,3,11H2,1-2H3. The first-order valence-electron chi connectivity index (χ1n) is 7.97. The number of thiophene rings is 1. The van der Waals surface area contributed by atoms with Gasteiger partial charge in [0.25, 0.3) is 0 Å². The van der Waals surface area contributed by atoms with E-state index in [2.05, 4.69) is 21.8 Å². The highest BCUT2D eigenvalue weighted by Crippen LogP contribution is 2.33. The normalized spacial score (nSPS) is 14.3. The second-order valence-corrected chi connectivity index (χ2v) is 7.20. The van der Waals surface area contributed by atoms with Crippen LogP contribution in [0.2, 0.25) is 0 Å². The third-order valence-electron chi connectivity index (χ3n) is 3.79. The van der Waals surface area contributed by atoms with E-state index in [1.807, 2.05) is 42.8 Å². The Labute approximate surface area is 153 Å². The van der Waals surface area contributed by atoms with Crippen molar-refractivity contribution >= 4 is 28.4 Å². The van der Waals surface area contributed by atoms with E-state index in [1.54, 1.807) is 22.7 Å². The maximum absolute atomic E-state index is 5.47. The molecule has 0 saturated carbocycles. The van der Waals surface area contributed by atoms with Gasteiger partial charge in [0.05, 0.1) is 16.3 Å². The number of hydrogen-bond acceptors (Lipinski definition) is 6. The van der Waals surface area contributed by atoms with Crippen molar-refractivity contribution in [1.29, 1.82) is 0 Å². The van der Waals surface area contributed by atoms with Gasteiger partial charge in [0.1, 0.15) is 0 Å². The molecule has 0 amide bonds. The molecule has 0 N–H and O–H groups in total. The van der Waals surface area contributed by atoms with E-state index in [0.717, 1.165) is 39.8 Å². The van der Waals surface area contributed by atoms with Gasteiger partial charge in [-0.2, -0.15) is 5.10 Å². The highest BCUT2D eigenvalue weighted by molar-refractivity contribution is 7.14. The average Bonchev–Trinajstić information content (AvgIpc) is 3.35. The van der Waals surface area contributed by atoms with E-state index in [0.29, 0.717) is 0 Å². The van der Waals surface area contributed by atoms with Crippen molar-refractivity contribution in [3.63, 3.8) is 0 Å². The van der Waals surface area contributed by atoms with Crippen LogP contribution in [-0.2, 0) is 0 Å². The molecule has 0 atom stereocenters. The SMILES string of the molecule is CCN=c1scc(-c2cccs2)n1N=C(C)c1ccc2c(c1)OCO2. The van der Waals surface area contributed by atoms with Crippen molar-refractivity contribution in [3.05, 3.63) is 51.5 Å². The van der Waals surface area contributed by atoms with Gasteiger partial charge in [0.15, 0.2) is 11.5 Å². The summed E-state index contributed by atoms with van der Waals surface area (Å²) < 4.78 is 12.8. The van der Waals surface area contributed by atoms with Crippen molar-refractivity contribution in [3.8, 4) is 22.1 Å². The molecule has 3 heterocycles. The largest absolute Gasteiger partial charge is 0.454 e. The van der Waals surface area contributed by atoms with Crippen LogP contribution < -0.4 is 14.3 Å². The number of thiazole rings is 1. The smallest absolute Gasteiger partial charge is 0.231 e. The molecule has 7 heteroatoms. The van der Waals surface area contributed by atoms with Crippen LogP contribution in [0.1, 0.15) is 19.4 Å². The van der Waals surface area contributed by atoms with E-state index >= 15 is 0 Å². The Balaban J connectivity index is 1.80. The van der Waals surface area contributed by atoms with Crippen molar-refractivity contribution < 1.29 is 9.47 Å². The third-order valence-corrected chi connectivity index (χ3v) is 5.54. The molecular weight excluding hydrogens is 354 g/mol. The second-order valence-electron chi connectivity index (χ2n) is 5.42. The summed E-state index contributed by atoms with van der Waals surface area (Å²) in [7, 11) is 0. The number of aromatic nitrogens is 1. The van der Waals surface area contributed by atoms with Gasteiger partial charge >= 0.3 is 0 Å². The lowest BCUT2D eigenvalue weighted by Gasteiger charge is -2.06. The molecule has 0 radical (unpaired) electrons. The lowest BCUT2D eigenvalue weighted by Crippen LogP contribution is -2.14. The summed E-state index contributed by atoms with van der Waals surface area (Å²) in [4.78, 5) is 6.65. The minimum Gasteiger partial charge on any atom is -0.454 e. The predicted molar refractivity (Wildman–Crippen MR) is 102 cm³/mol. The lowest BCUT2D eigenvalue weighted by molar-refractivity contribution is 0.174. The quantitative estimate of drug-likeness (QED) is 0.645. The summed E-state index contributed by atoms with van der Waals surface area (Å²) in [6, 6.07) is 10.0. The van der Waals surface area contributed by atoms with Crippen LogP contribution in [0.25, 0.3) is 10.6 Å². The molecule has 128 valence electrons. The Morgan fingerprint density at radius 3 is 2.88 bits per heavy atom. The highest BCUT2D eigenvalue weighted by atomic mass is 32.1. The fourth-order valence-electron chi connectivity index (χ4n) is 2.56. The molecule has 5 nitrogen and oxygen atoms in total. The number of rotatable bonds is 4. The lowest BCUT2D eigenvalue weighted by atomic mass is 10.1. The van der Waals surface area contributed by atoms with Gasteiger partial charge in [-0.05, 0) is 43.5 Å². The maximum Gasteiger partial charge on any atom is 0.231 e. The summed E-state index contributed by atoms with van der Waals surface area (Å²) >= 11 is 3.31. The first kappa shape index (κ1) is 16.1. The van der Waals surface area contributed by atoms with Gasteiger partial charge in [-0.3, -0.25) is 4.99 Å². The number of benzene rings is 1. The van der Waals surface area contributed by atoms with Crippen molar-refractivity contribution in [2.75, 3.05) is 13.3 Å². The Bertz CT molecular complexity index is 984. The van der Waals surface area contributed by atoms with Crippen molar-refractivity contribution in [2.45, 2.75) is 13.8 Å². The zero-order valence-electron chi connectivity index (χ0n) is 13.9. The molecule has 1 aliphatic heterocycles. The summed E-state index contributed by atoms with van der Waals surface area (Å²) in [5.41, 5.74) is 2.96. The van der Waals surface area contributed by atoms with E-state index in [1.165, 1.54) is 4.88 Å². The van der Waals surface area contributed by atoms with Gasteiger partial charge in [-0.25, -0.2) is 4.68 Å². The molecule has 1 aliphatic rings. The molecule has 4 rings (SSSR count). The van der Waals surface area contributed by atoms with Crippen LogP contribution in [-0.4, -0.2) is 23.7 Å².